The van der Waals surface area contributed by atoms with Gasteiger partial charge in [-0.2, -0.15) is 0 Å². The number of hydrogen-bond acceptors (Lipinski definition) is 6. The summed E-state index contributed by atoms with van der Waals surface area (Å²) in [4.78, 5) is 28.7. The topological polar surface area (TPSA) is 82.1 Å². The van der Waals surface area contributed by atoms with Gasteiger partial charge >= 0.3 is 6.09 Å². The molecule has 29 heavy (non-hydrogen) atoms. The molecule has 1 aromatic heterocycles. The number of benzene rings is 1. The number of cyclic esters (lactones) is 1. The van der Waals surface area contributed by atoms with Gasteiger partial charge in [0, 0.05) is 17.9 Å². The quantitative estimate of drug-likeness (QED) is 0.728. The van der Waals surface area contributed by atoms with E-state index in [4.69, 9.17) is 16.3 Å². The van der Waals surface area contributed by atoms with Crippen LogP contribution in [-0.2, 0) is 4.74 Å². The molecular weight excluding hydrogens is 414 g/mol. The van der Waals surface area contributed by atoms with Crippen molar-refractivity contribution in [3.63, 3.8) is 0 Å². The maximum absolute atomic E-state index is 12.3. The first kappa shape index (κ1) is 20.0. The van der Waals surface area contributed by atoms with Crippen LogP contribution in [0.5, 0.6) is 0 Å². The Bertz CT molecular complexity index is 888. The van der Waals surface area contributed by atoms with E-state index in [2.05, 4.69) is 10.2 Å². The zero-order valence-corrected chi connectivity index (χ0v) is 17.3. The lowest BCUT2D eigenvalue weighted by Gasteiger charge is -2.25. The minimum Gasteiger partial charge on any atom is -0.442 e. The van der Waals surface area contributed by atoms with Crippen LogP contribution in [-0.4, -0.2) is 55.5 Å². The van der Waals surface area contributed by atoms with Crippen LogP contribution >= 0.6 is 22.9 Å². The van der Waals surface area contributed by atoms with E-state index >= 15 is 0 Å². The zero-order chi connectivity index (χ0) is 20.4. The number of carbonyl (C=O) groups excluding carboxylic acids is 2. The van der Waals surface area contributed by atoms with Gasteiger partial charge in [0.05, 0.1) is 35.0 Å². The Labute approximate surface area is 177 Å². The van der Waals surface area contributed by atoms with Crippen molar-refractivity contribution in [2.24, 2.45) is 0 Å². The van der Waals surface area contributed by atoms with E-state index in [1.165, 1.54) is 11.3 Å². The number of rotatable bonds is 6. The predicted octanol–water partition coefficient (Wildman–Crippen LogP) is 3.12. The molecule has 2 aromatic rings. The summed E-state index contributed by atoms with van der Waals surface area (Å²) in [6.45, 7) is 1.67. The highest BCUT2D eigenvalue weighted by Gasteiger charge is 2.33. The second-order valence-corrected chi connectivity index (χ2v) is 8.83. The first-order valence-corrected chi connectivity index (χ1v) is 10.7. The second kappa shape index (κ2) is 8.61. The van der Waals surface area contributed by atoms with Crippen molar-refractivity contribution >= 4 is 46.3 Å². The fourth-order valence-corrected chi connectivity index (χ4v) is 4.72. The van der Waals surface area contributed by atoms with Gasteiger partial charge in [0.1, 0.15) is 6.10 Å². The lowest BCUT2D eigenvalue weighted by molar-refractivity contribution is 0.0920. The molecule has 2 saturated heterocycles. The first-order valence-electron chi connectivity index (χ1n) is 9.54. The summed E-state index contributed by atoms with van der Waals surface area (Å²) in [6.07, 6.45) is 1.21. The summed E-state index contributed by atoms with van der Waals surface area (Å²) in [6, 6.07) is 11.2. The third-order valence-electron chi connectivity index (χ3n) is 5.24. The molecule has 0 radical (unpaired) electrons. The number of halogens is 1. The summed E-state index contributed by atoms with van der Waals surface area (Å²) in [5.41, 5.74) is 1.79. The minimum absolute atomic E-state index is 0.144. The van der Waals surface area contributed by atoms with Crippen molar-refractivity contribution in [1.82, 2.24) is 5.32 Å². The van der Waals surface area contributed by atoms with Gasteiger partial charge in [0.25, 0.3) is 5.91 Å². The minimum atomic E-state index is -0.425. The SMILES string of the molecule is O=C(NCC1CN(c2ccc(N3CCCC3CO)cc2)C(=O)O1)c1ccc(Cl)s1. The highest BCUT2D eigenvalue weighted by molar-refractivity contribution is 7.17. The molecule has 2 atom stereocenters. The van der Waals surface area contributed by atoms with Crippen LogP contribution in [0.25, 0.3) is 0 Å². The van der Waals surface area contributed by atoms with E-state index in [9.17, 15) is 14.7 Å². The van der Waals surface area contributed by atoms with Gasteiger partial charge in [-0.25, -0.2) is 4.79 Å². The number of anilines is 2. The Morgan fingerprint density at radius 1 is 1.24 bits per heavy atom. The first-order chi connectivity index (χ1) is 14.0. The number of ether oxygens (including phenoxy) is 1. The second-order valence-electron chi connectivity index (χ2n) is 7.12. The fraction of sp³-hybridized carbons (Fsp3) is 0.400. The van der Waals surface area contributed by atoms with E-state index in [-0.39, 0.29) is 25.1 Å². The molecule has 4 rings (SSSR count). The van der Waals surface area contributed by atoms with Crippen LogP contribution in [0.3, 0.4) is 0 Å². The van der Waals surface area contributed by atoms with E-state index in [0.29, 0.717) is 15.8 Å². The Kier molecular flexibility index (Phi) is 5.94. The fourth-order valence-electron chi connectivity index (χ4n) is 3.76. The summed E-state index contributed by atoms with van der Waals surface area (Å²) in [5.74, 6) is -0.232. The number of amides is 2. The molecule has 7 nitrogen and oxygen atoms in total. The highest BCUT2D eigenvalue weighted by Crippen LogP contribution is 2.29. The largest absolute Gasteiger partial charge is 0.442 e. The number of thiophene rings is 1. The van der Waals surface area contributed by atoms with E-state index < -0.39 is 12.2 Å². The number of nitrogens with one attached hydrogen (secondary N) is 1. The van der Waals surface area contributed by atoms with Crippen molar-refractivity contribution in [2.45, 2.75) is 25.0 Å². The molecule has 2 aliphatic heterocycles. The Morgan fingerprint density at radius 3 is 2.69 bits per heavy atom. The van der Waals surface area contributed by atoms with Gasteiger partial charge in [0.15, 0.2) is 0 Å². The lowest BCUT2D eigenvalue weighted by atomic mass is 10.2. The monoisotopic (exact) mass is 435 g/mol. The van der Waals surface area contributed by atoms with E-state index in [1.807, 2.05) is 24.3 Å². The van der Waals surface area contributed by atoms with Crippen LogP contribution in [0.4, 0.5) is 16.2 Å². The molecule has 0 bridgehead atoms. The van der Waals surface area contributed by atoms with Crippen molar-refractivity contribution < 1.29 is 19.4 Å². The Balaban J connectivity index is 1.35. The Morgan fingerprint density at radius 2 is 2.00 bits per heavy atom. The summed E-state index contributed by atoms with van der Waals surface area (Å²) in [7, 11) is 0. The molecule has 9 heteroatoms. The van der Waals surface area contributed by atoms with Crippen molar-refractivity contribution in [3.05, 3.63) is 45.6 Å². The average molecular weight is 436 g/mol. The number of aliphatic hydroxyl groups excluding tert-OH is 1. The molecule has 2 fully saturated rings. The molecule has 0 spiro atoms. The van der Waals surface area contributed by atoms with Crippen LogP contribution in [0.15, 0.2) is 36.4 Å². The molecular formula is C20H22ClN3O4S. The average Bonchev–Trinajstić information content (AvgIpc) is 3.46. The normalized spacial score (nSPS) is 21.5. The van der Waals surface area contributed by atoms with Crippen molar-refractivity contribution in [1.29, 1.82) is 0 Å². The van der Waals surface area contributed by atoms with Gasteiger partial charge < -0.3 is 20.1 Å². The van der Waals surface area contributed by atoms with Crippen LogP contribution < -0.4 is 15.1 Å². The van der Waals surface area contributed by atoms with E-state index in [0.717, 1.165) is 30.8 Å². The predicted molar refractivity (Wildman–Crippen MR) is 113 cm³/mol. The molecule has 2 N–H and O–H groups in total. The van der Waals surface area contributed by atoms with Gasteiger partial charge in [-0.15, -0.1) is 11.3 Å². The molecule has 0 aliphatic carbocycles. The molecule has 0 saturated carbocycles. The number of nitrogens with zero attached hydrogens (tertiary/aromatic N) is 2. The van der Waals surface area contributed by atoms with Crippen molar-refractivity contribution in [2.75, 3.05) is 36.0 Å². The zero-order valence-electron chi connectivity index (χ0n) is 15.7. The molecule has 154 valence electrons. The Hall–Kier alpha value is -2.29. The number of hydrogen-bond donors (Lipinski definition) is 2. The maximum atomic E-state index is 12.3. The smallest absolute Gasteiger partial charge is 0.414 e. The maximum Gasteiger partial charge on any atom is 0.414 e. The molecule has 1 aromatic carbocycles. The highest BCUT2D eigenvalue weighted by atomic mass is 35.5. The number of aliphatic hydroxyl groups is 1. The van der Waals surface area contributed by atoms with Gasteiger partial charge in [-0.3, -0.25) is 9.69 Å². The van der Waals surface area contributed by atoms with Gasteiger partial charge in [-0.1, -0.05) is 11.6 Å². The molecule has 2 aliphatic rings. The van der Waals surface area contributed by atoms with Gasteiger partial charge in [-0.05, 0) is 49.2 Å². The number of carbonyl (C=O) groups is 2. The lowest BCUT2D eigenvalue weighted by Crippen LogP contribution is -2.34. The third kappa shape index (κ3) is 4.34. The molecule has 2 unspecified atom stereocenters. The van der Waals surface area contributed by atoms with Crippen LogP contribution in [0.2, 0.25) is 4.34 Å². The van der Waals surface area contributed by atoms with Gasteiger partial charge in [0.2, 0.25) is 0 Å². The third-order valence-corrected chi connectivity index (χ3v) is 6.47. The molecule has 2 amide bonds. The van der Waals surface area contributed by atoms with Crippen LogP contribution in [0.1, 0.15) is 22.5 Å². The van der Waals surface area contributed by atoms with E-state index in [1.54, 1.807) is 17.0 Å². The summed E-state index contributed by atoms with van der Waals surface area (Å²) >= 11 is 7.06. The van der Waals surface area contributed by atoms with Crippen LogP contribution in [0, 0.1) is 0 Å². The van der Waals surface area contributed by atoms with Crippen molar-refractivity contribution in [3.8, 4) is 0 Å². The standard InChI is InChI=1S/C20H22ClN3O4S/c21-18-8-7-17(29-18)19(26)22-10-16-11-24(20(27)28-16)14-5-3-13(4-6-14)23-9-1-2-15(23)12-25/h3-8,15-16,25H,1-2,9-12H2,(H,22,26). The summed E-state index contributed by atoms with van der Waals surface area (Å²) < 4.78 is 5.94. The molecule has 3 heterocycles. The summed E-state index contributed by atoms with van der Waals surface area (Å²) in [5, 5.41) is 12.3.